The Morgan fingerprint density at radius 2 is 2.21 bits per heavy atom. The van der Waals surface area contributed by atoms with Gasteiger partial charge in [0.15, 0.2) is 5.65 Å². The SMILES string of the molecule is Cn1ncc2c(NC3CCCCC3CCl)ncnc21. The first-order valence-corrected chi connectivity index (χ1v) is 7.28. The van der Waals surface area contributed by atoms with Gasteiger partial charge < -0.3 is 5.32 Å². The Morgan fingerprint density at radius 3 is 3.05 bits per heavy atom. The molecule has 1 saturated carbocycles. The summed E-state index contributed by atoms with van der Waals surface area (Å²) in [5.41, 5.74) is 0.857. The molecule has 0 spiro atoms. The highest BCUT2D eigenvalue weighted by atomic mass is 35.5. The Bertz CT molecular complexity index is 567. The van der Waals surface area contributed by atoms with E-state index >= 15 is 0 Å². The highest BCUT2D eigenvalue weighted by molar-refractivity contribution is 6.18. The standard InChI is InChI=1S/C13H18ClN5/c1-19-13-10(7-17-19)12(15-8-16-13)18-11-5-3-2-4-9(11)6-14/h7-9,11H,2-6H2,1H3,(H,15,16,18). The van der Waals surface area contributed by atoms with Crippen LogP contribution in [0.2, 0.25) is 0 Å². The van der Waals surface area contributed by atoms with Gasteiger partial charge in [-0.2, -0.15) is 5.10 Å². The summed E-state index contributed by atoms with van der Waals surface area (Å²) in [6, 6.07) is 0.407. The molecule has 0 amide bonds. The smallest absolute Gasteiger partial charge is 0.163 e. The molecule has 6 heteroatoms. The number of aryl methyl sites for hydroxylation is 1. The van der Waals surface area contributed by atoms with Crippen molar-refractivity contribution in [1.29, 1.82) is 0 Å². The molecular weight excluding hydrogens is 262 g/mol. The molecule has 2 aromatic rings. The molecule has 2 atom stereocenters. The van der Waals surface area contributed by atoms with Crippen LogP contribution in [0.4, 0.5) is 5.82 Å². The molecule has 1 aliphatic rings. The molecule has 1 N–H and O–H groups in total. The lowest BCUT2D eigenvalue weighted by Crippen LogP contribution is -2.33. The normalized spacial score (nSPS) is 23.7. The molecule has 5 nitrogen and oxygen atoms in total. The van der Waals surface area contributed by atoms with E-state index in [1.54, 1.807) is 11.0 Å². The summed E-state index contributed by atoms with van der Waals surface area (Å²) in [7, 11) is 1.89. The van der Waals surface area contributed by atoms with Gasteiger partial charge in [-0.1, -0.05) is 12.8 Å². The maximum absolute atomic E-state index is 6.07. The van der Waals surface area contributed by atoms with Crippen molar-refractivity contribution in [3.8, 4) is 0 Å². The zero-order valence-corrected chi connectivity index (χ0v) is 11.8. The number of aromatic nitrogens is 4. The second kappa shape index (κ2) is 5.33. The average molecular weight is 280 g/mol. The summed E-state index contributed by atoms with van der Waals surface area (Å²) in [6.07, 6.45) is 8.29. The summed E-state index contributed by atoms with van der Waals surface area (Å²) >= 11 is 6.07. The number of alkyl halides is 1. The van der Waals surface area contributed by atoms with Crippen molar-refractivity contribution in [3.05, 3.63) is 12.5 Å². The number of fused-ring (bicyclic) bond motifs is 1. The molecule has 1 aliphatic carbocycles. The summed E-state index contributed by atoms with van der Waals surface area (Å²) in [4.78, 5) is 8.62. The number of nitrogens with zero attached hydrogens (tertiary/aromatic N) is 4. The minimum absolute atomic E-state index is 0.407. The van der Waals surface area contributed by atoms with Gasteiger partial charge in [-0.05, 0) is 18.8 Å². The predicted octanol–water partition coefficient (Wildman–Crippen LogP) is 2.57. The third kappa shape index (κ3) is 2.39. The monoisotopic (exact) mass is 279 g/mol. The number of nitrogens with one attached hydrogen (secondary N) is 1. The van der Waals surface area contributed by atoms with Crippen LogP contribution in [0.25, 0.3) is 11.0 Å². The summed E-state index contributed by atoms with van der Waals surface area (Å²) in [5.74, 6) is 2.11. The topological polar surface area (TPSA) is 55.6 Å². The van der Waals surface area contributed by atoms with Crippen LogP contribution in [-0.4, -0.2) is 31.7 Å². The van der Waals surface area contributed by atoms with Crippen molar-refractivity contribution in [3.63, 3.8) is 0 Å². The molecule has 0 saturated heterocycles. The molecular formula is C13H18ClN5. The van der Waals surface area contributed by atoms with Crippen molar-refractivity contribution < 1.29 is 0 Å². The third-order valence-corrected chi connectivity index (χ3v) is 4.36. The van der Waals surface area contributed by atoms with Gasteiger partial charge in [-0.15, -0.1) is 11.6 Å². The molecule has 0 aliphatic heterocycles. The molecule has 19 heavy (non-hydrogen) atoms. The second-order valence-corrected chi connectivity index (χ2v) is 5.49. The average Bonchev–Trinajstić information content (AvgIpc) is 2.82. The van der Waals surface area contributed by atoms with E-state index in [9.17, 15) is 0 Å². The van der Waals surface area contributed by atoms with Gasteiger partial charge in [-0.25, -0.2) is 9.97 Å². The van der Waals surface area contributed by atoms with Gasteiger partial charge in [0.05, 0.1) is 11.6 Å². The largest absolute Gasteiger partial charge is 0.366 e. The number of hydrogen-bond donors (Lipinski definition) is 1. The molecule has 0 radical (unpaired) electrons. The number of anilines is 1. The van der Waals surface area contributed by atoms with Crippen LogP contribution in [0.1, 0.15) is 25.7 Å². The Balaban J connectivity index is 1.88. The Labute approximate surface area is 117 Å². The van der Waals surface area contributed by atoms with E-state index in [4.69, 9.17) is 11.6 Å². The molecule has 2 heterocycles. The van der Waals surface area contributed by atoms with Gasteiger partial charge in [0.2, 0.25) is 0 Å². The summed E-state index contributed by atoms with van der Waals surface area (Å²) < 4.78 is 1.77. The van der Waals surface area contributed by atoms with E-state index < -0.39 is 0 Å². The fourth-order valence-corrected chi connectivity index (χ4v) is 3.20. The zero-order valence-electron chi connectivity index (χ0n) is 11.0. The summed E-state index contributed by atoms with van der Waals surface area (Å²) in [5, 5.41) is 8.76. The van der Waals surface area contributed by atoms with Crippen LogP contribution < -0.4 is 5.32 Å². The van der Waals surface area contributed by atoms with Crippen LogP contribution in [-0.2, 0) is 7.05 Å². The van der Waals surface area contributed by atoms with Crippen molar-refractivity contribution in [2.45, 2.75) is 31.7 Å². The fraction of sp³-hybridized carbons (Fsp3) is 0.615. The maximum atomic E-state index is 6.07. The van der Waals surface area contributed by atoms with Crippen molar-refractivity contribution in [1.82, 2.24) is 19.7 Å². The highest BCUT2D eigenvalue weighted by Gasteiger charge is 2.25. The molecule has 0 bridgehead atoms. The maximum Gasteiger partial charge on any atom is 0.163 e. The van der Waals surface area contributed by atoms with Gasteiger partial charge in [-0.3, -0.25) is 4.68 Å². The third-order valence-electron chi connectivity index (χ3n) is 3.96. The van der Waals surface area contributed by atoms with Crippen LogP contribution in [0.3, 0.4) is 0 Å². The van der Waals surface area contributed by atoms with Crippen LogP contribution in [0.5, 0.6) is 0 Å². The molecule has 0 aromatic carbocycles. The van der Waals surface area contributed by atoms with E-state index in [2.05, 4.69) is 20.4 Å². The molecule has 2 unspecified atom stereocenters. The Hall–Kier alpha value is -1.36. The minimum atomic E-state index is 0.407. The van der Waals surface area contributed by atoms with Gasteiger partial charge in [0.1, 0.15) is 12.1 Å². The van der Waals surface area contributed by atoms with Crippen molar-refractivity contribution in [2.75, 3.05) is 11.2 Å². The van der Waals surface area contributed by atoms with Crippen molar-refractivity contribution >= 4 is 28.5 Å². The first-order chi connectivity index (χ1) is 9.29. The molecule has 102 valence electrons. The molecule has 2 aromatic heterocycles. The lowest BCUT2D eigenvalue weighted by molar-refractivity contribution is 0.353. The lowest BCUT2D eigenvalue weighted by atomic mass is 9.86. The number of halogens is 1. The minimum Gasteiger partial charge on any atom is -0.366 e. The van der Waals surface area contributed by atoms with E-state index in [0.29, 0.717) is 17.8 Å². The summed E-state index contributed by atoms with van der Waals surface area (Å²) in [6.45, 7) is 0. The number of hydrogen-bond acceptors (Lipinski definition) is 4. The first-order valence-electron chi connectivity index (χ1n) is 6.75. The van der Waals surface area contributed by atoms with Crippen LogP contribution in [0.15, 0.2) is 12.5 Å². The van der Waals surface area contributed by atoms with Gasteiger partial charge >= 0.3 is 0 Å². The highest BCUT2D eigenvalue weighted by Crippen LogP contribution is 2.29. The van der Waals surface area contributed by atoms with Gasteiger partial charge in [0.25, 0.3) is 0 Å². The van der Waals surface area contributed by atoms with Gasteiger partial charge in [0, 0.05) is 19.0 Å². The zero-order chi connectivity index (χ0) is 13.2. The predicted molar refractivity (Wildman–Crippen MR) is 76.4 cm³/mol. The first kappa shape index (κ1) is 12.7. The number of rotatable bonds is 3. The van der Waals surface area contributed by atoms with Crippen LogP contribution >= 0.6 is 11.6 Å². The van der Waals surface area contributed by atoms with Crippen LogP contribution in [0, 0.1) is 5.92 Å². The molecule has 1 fully saturated rings. The van der Waals surface area contributed by atoms with E-state index in [0.717, 1.165) is 23.3 Å². The second-order valence-electron chi connectivity index (χ2n) is 5.18. The quantitative estimate of drug-likeness (QED) is 0.878. The van der Waals surface area contributed by atoms with E-state index in [1.165, 1.54) is 19.3 Å². The van der Waals surface area contributed by atoms with E-state index in [-0.39, 0.29) is 0 Å². The lowest BCUT2D eigenvalue weighted by Gasteiger charge is -2.31. The van der Waals surface area contributed by atoms with E-state index in [1.807, 2.05) is 13.2 Å². The fourth-order valence-electron chi connectivity index (χ4n) is 2.84. The molecule has 3 rings (SSSR count). The Kier molecular flexibility index (Phi) is 3.55. The van der Waals surface area contributed by atoms with Crippen molar-refractivity contribution in [2.24, 2.45) is 13.0 Å². The Morgan fingerprint density at radius 1 is 1.37 bits per heavy atom.